The summed E-state index contributed by atoms with van der Waals surface area (Å²) in [6.45, 7) is 2.90. The van der Waals surface area contributed by atoms with Gasteiger partial charge in [-0.1, -0.05) is 30.3 Å². The fourth-order valence-electron chi connectivity index (χ4n) is 1.33. The molecule has 19 heavy (non-hydrogen) atoms. The summed E-state index contributed by atoms with van der Waals surface area (Å²) in [5, 5.41) is 9.03. The zero-order valence-corrected chi connectivity index (χ0v) is 11.0. The first-order chi connectivity index (χ1) is 9.00. The van der Waals surface area contributed by atoms with Gasteiger partial charge in [0.15, 0.2) is 11.9 Å². The average molecular weight is 266 g/mol. The van der Waals surface area contributed by atoms with E-state index in [0.717, 1.165) is 5.56 Å². The van der Waals surface area contributed by atoms with Gasteiger partial charge < -0.3 is 14.6 Å². The molecule has 0 radical (unpaired) electrons. The first-order valence-corrected chi connectivity index (χ1v) is 6.01. The molecule has 0 bridgehead atoms. The lowest BCUT2D eigenvalue weighted by Gasteiger charge is -2.16. The zero-order valence-electron chi connectivity index (χ0n) is 11.0. The SMILES string of the molecule is CC(=O)C(COCc1ccccc1)OC(=O)C(C)O. The van der Waals surface area contributed by atoms with Gasteiger partial charge in [0, 0.05) is 0 Å². The minimum absolute atomic E-state index is 0.0251. The van der Waals surface area contributed by atoms with E-state index in [1.54, 1.807) is 0 Å². The van der Waals surface area contributed by atoms with Crippen molar-refractivity contribution in [1.29, 1.82) is 0 Å². The van der Waals surface area contributed by atoms with Gasteiger partial charge in [0.05, 0.1) is 13.2 Å². The average Bonchev–Trinajstić information content (AvgIpc) is 2.38. The molecule has 0 amide bonds. The van der Waals surface area contributed by atoms with Gasteiger partial charge in [0.1, 0.15) is 6.10 Å². The second-order valence-electron chi connectivity index (χ2n) is 4.21. The summed E-state index contributed by atoms with van der Waals surface area (Å²) in [7, 11) is 0. The Hall–Kier alpha value is -1.72. The van der Waals surface area contributed by atoms with Crippen molar-refractivity contribution in [3.05, 3.63) is 35.9 Å². The van der Waals surface area contributed by atoms with E-state index in [-0.39, 0.29) is 12.4 Å². The molecule has 1 aromatic carbocycles. The molecule has 0 aliphatic carbocycles. The molecule has 2 unspecified atom stereocenters. The van der Waals surface area contributed by atoms with Crippen LogP contribution in [0.15, 0.2) is 30.3 Å². The highest BCUT2D eigenvalue weighted by molar-refractivity contribution is 5.84. The maximum atomic E-state index is 11.3. The van der Waals surface area contributed by atoms with E-state index in [1.807, 2.05) is 30.3 Å². The van der Waals surface area contributed by atoms with Crippen molar-refractivity contribution in [3.8, 4) is 0 Å². The van der Waals surface area contributed by atoms with Crippen LogP contribution in [-0.2, 0) is 25.7 Å². The quantitative estimate of drug-likeness (QED) is 0.748. The molecule has 2 atom stereocenters. The molecule has 0 aliphatic rings. The van der Waals surface area contributed by atoms with E-state index >= 15 is 0 Å². The lowest BCUT2D eigenvalue weighted by Crippen LogP contribution is -2.33. The maximum absolute atomic E-state index is 11.3. The van der Waals surface area contributed by atoms with Crippen LogP contribution in [0.5, 0.6) is 0 Å². The topological polar surface area (TPSA) is 72.8 Å². The third-order valence-corrected chi connectivity index (χ3v) is 2.43. The van der Waals surface area contributed by atoms with Crippen LogP contribution in [0.25, 0.3) is 0 Å². The zero-order chi connectivity index (χ0) is 14.3. The van der Waals surface area contributed by atoms with E-state index in [0.29, 0.717) is 6.61 Å². The van der Waals surface area contributed by atoms with Crippen molar-refractivity contribution < 1.29 is 24.2 Å². The number of Topliss-reactive ketones (excluding diaryl/α,β-unsaturated/α-hetero) is 1. The second kappa shape index (κ2) is 7.66. The van der Waals surface area contributed by atoms with Crippen LogP contribution in [0.4, 0.5) is 0 Å². The van der Waals surface area contributed by atoms with E-state index < -0.39 is 18.2 Å². The number of ketones is 1. The Labute approximate surface area is 112 Å². The molecule has 0 fully saturated rings. The third-order valence-electron chi connectivity index (χ3n) is 2.43. The van der Waals surface area contributed by atoms with Crippen molar-refractivity contribution in [2.45, 2.75) is 32.7 Å². The fourth-order valence-corrected chi connectivity index (χ4v) is 1.33. The minimum atomic E-state index is -1.25. The van der Waals surface area contributed by atoms with Crippen LogP contribution in [0.2, 0.25) is 0 Å². The summed E-state index contributed by atoms with van der Waals surface area (Å²) in [4.78, 5) is 22.5. The van der Waals surface area contributed by atoms with E-state index in [2.05, 4.69) is 0 Å². The third kappa shape index (κ3) is 5.63. The Morgan fingerprint density at radius 2 is 1.89 bits per heavy atom. The van der Waals surface area contributed by atoms with E-state index in [9.17, 15) is 9.59 Å². The predicted molar refractivity (Wildman–Crippen MR) is 68.3 cm³/mol. The number of esters is 1. The number of ether oxygens (including phenoxy) is 2. The van der Waals surface area contributed by atoms with Gasteiger partial charge in [-0.25, -0.2) is 4.79 Å². The van der Waals surface area contributed by atoms with Gasteiger partial charge >= 0.3 is 5.97 Å². The van der Waals surface area contributed by atoms with Crippen molar-refractivity contribution in [1.82, 2.24) is 0 Å². The number of hydrogen-bond acceptors (Lipinski definition) is 5. The van der Waals surface area contributed by atoms with Crippen molar-refractivity contribution in [2.24, 2.45) is 0 Å². The molecule has 0 aliphatic heterocycles. The van der Waals surface area contributed by atoms with Crippen molar-refractivity contribution in [3.63, 3.8) is 0 Å². The predicted octanol–water partition coefficient (Wildman–Crippen LogP) is 1.08. The van der Waals surface area contributed by atoms with Crippen LogP contribution in [0.1, 0.15) is 19.4 Å². The van der Waals surface area contributed by atoms with E-state index in [4.69, 9.17) is 14.6 Å². The van der Waals surface area contributed by atoms with Crippen LogP contribution in [0, 0.1) is 0 Å². The molecule has 1 aromatic rings. The van der Waals surface area contributed by atoms with Crippen LogP contribution in [-0.4, -0.2) is 35.7 Å². The molecular formula is C14H18O5. The Morgan fingerprint density at radius 1 is 1.26 bits per heavy atom. The number of aliphatic hydroxyl groups excluding tert-OH is 1. The Kier molecular flexibility index (Phi) is 6.18. The van der Waals surface area contributed by atoms with Gasteiger partial charge in [-0.05, 0) is 19.4 Å². The summed E-state index contributed by atoms with van der Waals surface area (Å²) >= 11 is 0. The molecule has 1 N–H and O–H groups in total. The molecule has 104 valence electrons. The first kappa shape index (κ1) is 15.3. The standard InChI is InChI=1S/C14H18O5/c1-10(15)13(19-14(17)11(2)16)9-18-8-12-6-4-3-5-7-12/h3-7,11,13,16H,8-9H2,1-2H3. The molecule has 0 saturated heterocycles. The molecule has 5 heteroatoms. The van der Waals surface area contributed by atoms with Gasteiger partial charge in [0.25, 0.3) is 0 Å². The number of hydrogen-bond donors (Lipinski definition) is 1. The summed E-state index contributed by atoms with van der Waals surface area (Å²) in [5.41, 5.74) is 0.964. The Morgan fingerprint density at radius 3 is 2.42 bits per heavy atom. The molecular weight excluding hydrogens is 248 g/mol. The van der Waals surface area contributed by atoms with Gasteiger partial charge in [-0.2, -0.15) is 0 Å². The van der Waals surface area contributed by atoms with E-state index in [1.165, 1.54) is 13.8 Å². The summed E-state index contributed by atoms with van der Waals surface area (Å²) in [5.74, 6) is -1.15. The van der Waals surface area contributed by atoms with Crippen molar-refractivity contribution >= 4 is 11.8 Å². The lowest BCUT2D eigenvalue weighted by atomic mass is 10.2. The summed E-state index contributed by atoms with van der Waals surface area (Å²) < 4.78 is 10.2. The van der Waals surface area contributed by atoms with Gasteiger partial charge in [-0.3, -0.25) is 4.79 Å². The highest BCUT2D eigenvalue weighted by Gasteiger charge is 2.22. The number of carbonyl (C=O) groups excluding carboxylic acids is 2. The number of aliphatic hydroxyl groups is 1. The van der Waals surface area contributed by atoms with Crippen LogP contribution in [0.3, 0.4) is 0 Å². The second-order valence-corrected chi connectivity index (χ2v) is 4.21. The fraction of sp³-hybridized carbons (Fsp3) is 0.429. The van der Waals surface area contributed by atoms with Gasteiger partial charge in [0.2, 0.25) is 0 Å². The van der Waals surface area contributed by atoms with Crippen molar-refractivity contribution in [2.75, 3.05) is 6.61 Å². The maximum Gasteiger partial charge on any atom is 0.335 e. The molecule has 0 spiro atoms. The largest absolute Gasteiger partial charge is 0.450 e. The Bertz CT molecular complexity index is 413. The first-order valence-electron chi connectivity index (χ1n) is 6.01. The Balaban J connectivity index is 2.42. The molecule has 0 aromatic heterocycles. The minimum Gasteiger partial charge on any atom is -0.450 e. The lowest BCUT2D eigenvalue weighted by molar-refractivity contribution is -0.165. The molecule has 0 saturated carbocycles. The molecule has 0 heterocycles. The summed E-state index contributed by atoms with van der Waals surface area (Å²) in [6.07, 6.45) is -2.23. The number of carbonyl (C=O) groups is 2. The van der Waals surface area contributed by atoms with Crippen LogP contribution >= 0.6 is 0 Å². The smallest absolute Gasteiger partial charge is 0.335 e. The highest BCUT2D eigenvalue weighted by Crippen LogP contribution is 2.04. The highest BCUT2D eigenvalue weighted by atomic mass is 16.6. The van der Waals surface area contributed by atoms with Gasteiger partial charge in [-0.15, -0.1) is 0 Å². The number of rotatable bonds is 7. The molecule has 1 rings (SSSR count). The number of benzene rings is 1. The summed E-state index contributed by atoms with van der Waals surface area (Å²) in [6, 6.07) is 9.45. The normalized spacial score (nSPS) is 13.6. The molecule has 5 nitrogen and oxygen atoms in total. The monoisotopic (exact) mass is 266 g/mol. The van der Waals surface area contributed by atoms with Crippen LogP contribution < -0.4 is 0 Å².